The summed E-state index contributed by atoms with van der Waals surface area (Å²) >= 11 is 0. The number of carbonyl (C=O) groups excluding carboxylic acids is 1. The maximum absolute atomic E-state index is 13.1. The van der Waals surface area contributed by atoms with E-state index in [2.05, 4.69) is 5.32 Å². The molecule has 3 N–H and O–H groups in total. The Morgan fingerprint density at radius 1 is 0.933 bits per heavy atom. The van der Waals surface area contributed by atoms with Crippen LogP contribution in [0.4, 0.5) is 0 Å². The van der Waals surface area contributed by atoms with Crippen molar-refractivity contribution in [3.63, 3.8) is 0 Å². The molecular formula is C24H25NO5. The lowest BCUT2D eigenvalue weighted by Crippen LogP contribution is -2.23. The fourth-order valence-electron chi connectivity index (χ4n) is 2.96. The third-order valence-corrected chi connectivity index (χ3v) is 4.50. The van der Waals surface area contributed by atoms with Crippen LogP contribution in [0.25, 0.3) is 11.1 Å². The number of carbonyl (C=O) groups is 1. The molecule has 6 heteroatoms. The van der Waals surface area contributed by atoms with Gasteiger partial charge in [-0.3, -0.25) is 10.1 Å². The number of hydrogen-bond acceptors (Lipinski definition) is 6. The summed E-state index contributed by atoms with van der Waals surface area (Å²) in [5.74, 6) is 0.712. The Hall–Kier alpha value is -3.35. The zero-order chi connectivity index (χ0) is 21.3. The molecule has 0 fully saturated rings. The van der Waals surface area contributed by atoms with Crippen molar-refractivity contribution >= 4 is 5.78 Å². The molecule has 0 radical (unpaired) electrons. The first-order valence-corrected chi connectivity index (χ1v) is 9.77. The van der Waals surface area contributed by atoms with E-state index in [0.717, 1.165) is 5.56 Å². The van der Waals surface area contributed by atoms with Crippen molar-refractivity contribution in [3.8, 4) is 28.4 Å². The van der Waals surface area contributed by atoms with Gasteiger partial charge in [-0.05, 0) is 72.6 Å². The SMILES string of the molecule is CCOCNCCOc1ccc(C(=O)c2ccc(O)cc2-c2ccc(O)cc2)cc1. The van der Waals surface area contributed by atoms with Gasteiger partial charge in [-0.1, -0.05) is 12.1 Å². The van der Waals surface area contributed by atoms with Crippen LogP contribution in [-0.4, -0.2) is 42.5 Å². The van der Waals surface area contributed by atoms with Gasteiger partial charge < -0.3 is 19.7 Å². The maximum Gasteiger partial charge on any atom is 0.193 e. The van der Waals surface area contributed by atoms with E-state index in [1.165, 1.54) is 6.07 Å². The Bertz CT molecular complexity index is 968. The highest BCUT2D eigenvalue weighted by atomic mass is 16.5. The standard InChI is InChI=1S/C24H25NO5/c1-2-29-16-25-13-14-30-21-10-5-18(6-11-21)24(28)22-12-9-20(27)15-23(22)17-3-7-19(26)8-4-17/h3-12,15,25-27H,2,13-14,16H2,1H3. The lowest BCUT2D eigenvalue weighted by Gasteiger charge is -2.11. The predicted octanol–water partition coefficient (Wildman–Crippen LogP) is 3.96. The van der Waals surface area contributed by atoms with Gasteiger partial charge in [-0.15, -0.1) is 0 Å². The number of hydrogen-bond donors (Lipinski definition) is 3. The average Bonchev–Trinajstić information content (AvgIpc) is 2.76. The monoisotopic (exact) mass is 407 g/mol. The summed E-state index contributed by atoms with van der Waals surface area (Å²) < 4.78 is 10.9. The van der Waals surface area contributed by atoms with Gasteiger partial charge in [-0.25, -0.2) is 0 Å². The van der Waals surface area contributed by atoms with Crippen LogP contribution >= 0.6 is 0 Å². The van der Waals surface area contributed by atoms with E-state index < -0.39 is 0 Å². The van der Waals surface area contributed by atoms with Crippen molar-refractivity contribution < 1.29 is 24.5 Å². The fourth-order valence-corrected chi connectivity index (χ4v) is 2.96. The largest absolute Gasteiger partial charge is 0.508 e. The number of ketones is 1. The molecule has 0 unspecified atom stereocenters. The molecule has 0 aliphatic rings. The van der Waals surface area contributed by atoms with Gasteiger partial charge in [0.05, 0.1) is 6.73 Å². The van der Waals surface area contributed by atoms with Crippen LogP contribution in [0.5, 0.6) is 17.2 Å². The number of aromatic hydroxyl groups is 2. The number of phenols is 2. The minimum atomic E-state index is -0.164. The van der Waals surface area contributed by atoms with Crippen LogP contribution in [0.1, 0.15) is 22.8 Å². The second-order valence-electron chi connectivity index (χ2n) is 6.62. The molecule has 0 aliphatic heterocycles. The first-order valence-electron chi connectivity index (χ1n) is 9.77. The van der Waals surface area contributed by atoms with E-state index >= 15 is 0 Å². The summed E-state index contributed by atoms with van der Waals surface area (Å²) in [7, 11) is 0. The molecule has 6 nitrogen and oxygen atoms in total. The first kappa shape index (κ1) is 21.4. The summed E-state index contributed by atoms with van der Waals surface area (Å²) in [5.41, 5.74) is 2.31. The predicted molar refractivity (Wildman–Crippen MR) is 115 cm³/mol. The number of benzene rings is 3. The normalized spacial score (nSPS) is 10.7. The molecule has 0 aliphatic carbocycles. The van der Waals surface area contributed by atoms with Gasteiger partial charge in [0.25, 0.3) is 0 Å². The molecule has 0 bridgehead atoms. The summed E-state index contributed by atoms with van der Waals surface area (Å²) in [6, 6.07) is 18.1. The number of nitrogens with one attached hydrogen (secondary N) is 1. The van der Waals surface area contributed by atoms with E-state index in [4.69, 9.17) is 9.47 Å². The Morgan fingerprint density at radius 3 is 2.33 bits per heavy atom. The minimum Gasteiger partial charge on any atom is -0.508 e. The van der Waals surface area contributed by atoms with Crippen molar-refractivity contribution in [2.75, 3.05) is 26.5 Å². The molecule has 156 valence electrons. The van der Waals surface area contributed by atoms with Gasteiger partial charge in [0.15, 0.2) is 5.78 Å². The zero-order valence-corrected chi connectivity index (χ0v) is 16.8. The average molecular weight is 407 g/mol. The van der Waals surface area contributed by atoms with Gasteiger partial charge in [0.1, 0.15) is 23.9 Å². The van der Waals surface area contributed by atoms with E-state index in [-0.39, 0.29) is 17.3 Å². The topological polar surface area (TPSA) is 88.0 Å². The van der Waals surface area contributed by atoms with Crippen LogP contribution in [0.2, 0.25) is 0 Å². The van der Waals surface area contributed by atoms with Gasteiger partial charge >= 0.3 is 0 Å². The molecule has 0 saturated carbocycles. The van der Waals surface area contributed by atoms with Gasteiger partial charge in [0.2, 0.25) is 0 Å². The van der Waals surface area contributed by atoms with E-state index in [9.17, 15) is 15.0 Å². The summed E-state index contributed by atoms with van der Waals surface area (Å²) in [6.45, 7) is 4.24. The summed E-state index contributed by atoms with van der Waals surface area (Å²) in [6.07, 6.45) is 0. The second-order valence-corrected chi connectivity index (χ2v) is 6.62. The molecular weight excluding hydrogens is 382 g/mol. The molecule has 3 rings (SSSR count). The maximum atomic E-state index is 13.1. The van der Waals surface area contributed by atoms with Crippen LogP contribution in [0.15, 0.2) is 66.7 Å². The van der Waals surface area contributed by atoms with E-state index in [1.54, 1.807) is 60.7 Å². The molecule has 3 aromatic rings. The van der Waals surface area contributed by atoms with Gasteiger partial charge in [-0.2, -0.15) is 0 Å². The van der Waals surface area contributed by atoms with Crippen molar-refractivity contribution in [1.82, 2.24) is 5.32 Å². The third-order valence-electron chi connectivity index (χ3n) is 4.50. The van der Waals surface area contributed by atoms with Crippen LogP contribution in [-0.2, 0) is 4.74 Å². The fraction of sp³-hybridized carbons (Fsp3) is 0.208. The Morgan fingerprint density at radius 2 is 1.63 bits per heavy atom. The Kier molecular flexibility index (Phi) is 7.43. The number of ether oxygens (including phenoxy) is 2. The Labute approximate surface area is 175 Å². The minimum absolute atomic E-state index is 0.0660. The highest BCUT2D eigenvalue weighted by Crippen LogP contribution is 2.30. The van der Waals surface area contributed by atoms with Crippen molar-refractivity contribution in [2.24, 2.45) is 0 Å². The molecule has 3 aromatic carbocycles. The number of rotatable bonds is 10. The molecule has 0 saturated heterocycles. The summed E-state index contributed by atoms with van der Waals surface area (Å²) in [5, 5.41) is 22.5. The third kappa shape index (κ3) is 5.59. The second kappa shape index (κ2) is 10.4. The van der Waals surface area contributed by atoms with Crippen molar-refractivity contribution in [3.05, 3.63) is 77.9 Å². The Balaban J connectivity index is 1.71. The van der Waals surface area contributed by atoms with E-state index in [1.807, 2.05) is 6.92 Å². The number of phenolic OH excluding ortho intramolecular Hbond substituents is 2. The lowest BCUT2D eigenvalue weighted by molar-refractivity contribution is 0.103. The zero-order valence-electron chi connectivity index (χ0n) is 16.8. The molecule has 30 heavy (non-hydrogen) atoms. The summed E-state index contributed by atoms with van der Waals surface area (Å²) in [4.78, 5) is 13.1. The molecule has 0 aromatic heterocycles. The highest BCUT2D eigenvalue weighted by molar-refractivity contribution is 6.13. The lowest BCUT2D eigenvalue weighted by atomic mass is 9.93. The molecule has 0 atom stereocenters. The van der Waals surface area contributed by atoms with Gasteiger partial charge in [0, 0.05) is 24.3 Å². The van der Waals surface area contributed by atoms with E-state index in [0.29, 0.717) is 48.9 Å². The molecule has 0 amide bonds. The molecule has 0 spiro atoms. The van der Waals surface area contributed by atoms with Crippen LogP contribution < -0.4 is 10.1 Å². The van der Waals surface area contributed by atoms with Crippen molar-refractivity contribution in [1.29, 1.82) is 0 Å². The first-order chi connectivity index (χ1) is 14.6. The van der Waals surface area contributed by atoms with Crippen LogP contribution in [0.3, 0.4) is 0 Å². The quantitative estimate of drug-likeness (QED) is 0.268. The molecule has 0 heterocycles. The van der Waals surface area contributed by atoms with Crippen molar-refractivity contribution in [2.45, 2.75) is 6.92 Å². The van der Waals surface area contributed by atoms with Crippen LogP contribution in [0, 0.1) is 0 Å². The smallest absolute Gasteiger partial charge is 0.193 e. The highest BCUT2D eigenvalue weighted by Gasteiger charge is 2.16.